The number of hydrogen-bond donors (Lipinski definition) is 3. The zero-order valence-corrected chi connectivity index (χ0v) is 21.3. The van der Waals surface area contributed by atoms with Crippen LogP contribution in [0, 0.1) is 0 Å². The van der Waals surface area contributed by atoms with Crippen molar-refractivity contribution in [3.05, 3.63) is 73.1 Å². The Kier molecular flexibility index (Phi) is 6.76. The van der Waals surface area contributed by atoms with E-state index in [4.69, 9.17) is 0 Å². The number of amides is 2. The molecule has 3 aromatic carbocycles. The lowest BCUT2D eigenvalue weighted by molar-refractivity contribution is -0.129. The Balaban J connectivity index is 1.26. The number of halogens is 2. The first-order chi connectivity index (χ1) is 18.0. The summed E-state index contributed by atoms with van der Waals surface area (Å²) in [5.74, 6) is -2.61. The van der Waals surface area contributed by atoms with Crippen molar-refractivity contribution in [2.75, 3.05) is 42.5 Å². The Bertz CT molecular complexity index is 1580. The summed E-state index contributed by atoms with van der Waals surface area (Å²) in [5, 5.41) is 5.42. The van der Waals surface area contributed by atoms with Crippen molar-refractivity contribution in [2.24, 2.45) is 0 Å². The molecular formula is C26H26F2N6O3S. The minimum absolute atomic E-state index is 0.267. The van der Waals surface area contributed by atoms with Gasteiger partial charge in [0, 0.05) is 24.5 Å². The second kappa shape index (κ2) is 10.0. The Morgan fingerprint density at radius 2 is 1.74 bits per heavy atom. The highest BCUT2D eigenvalue weighted by atomic mass is 32.2. The van der Waals surface area contributed by atoms with Crippen molar-refractivity contribution < 1.29 is 22.0 Å². The number of nitrogens with zero attached hydrogens (tertiary/aromatic N) is 3. The quantitative estimate of drug-likeness (QED) is 0.311. The zero-order valence-electron chi connectivity index (χ0n) is 20.5. The van der Waals surface area contributed by atoms with E-state index in [0.29, 0.717) is 17.9 Å². The molecule has 4 aromatic rings. The van der Waals surface area contributed by atoms with Crippen LogP contribution in [0.1, 0.15) is 0 Å². The summed E-state index contributed by atoms with van der Waals surface area (Å²) in [6.07, 6.45) is 2.79. The van der Waals surface area contributed by atoms with Crippen LogP contribution in [0.2, 0.25) is 0 Å². The molecule has 12 heteroatoms. The number of carbonyl (C=O) groups is 1. The van der Waals surface area contributed by atoms with Gasteiger partial charge in [-0.3, -0.25) is 14.2 Å². The molecule has 0 unspecified atom stereocenters. The number of aromatic nitrogens is 2. The van der Waals surface area contributed by atoms with Crippen molar-refractivity contribution in [3.8, 4) is 16.8 Å². The lowest BCUT2D eigenvalue weighted by Gasteiger charge is -2.38. The minimum atomic E-state index is -3.40. The number of hydrogen-bond acceptors (Lipinski definition) is 5. The van der Waals surface area contributed by atoms with Crippen LogP contribution in [-0.2, 0) is 10.0 Å². The van der Waals surface area contributed by atoms with Crippen molar-refractivity contribution in [1.29, 1.82) is 0 Å². The molecule has 9 nitrogen and oxygen atoms in total. The van der Waals surface area contributed by atoms with Crippen molar-refractivity contribution in [2.45, 2.75) is 5.92 Å². The maximum Gasteiger partial charge on any atom is 0.319 e. The van der Waals surface area contributed by atoms with Gasteiger partial charge in [-0.05, 0) is 53.6 Å². The van der Waals surface area contributed by atoms with Crippen LogP contribution in [-0.4, -0.2) is 67.3 Å². The van der Waals surface area contributed by atoms with E-state index >= 15 is 0 Å². The lowest BCUT2D eigenvalue weighted by Crippen LogP contribution is -2.57. The van der Waals surface area contributed by atoms with Crippen molar-refractivity contribution >= 4 is 38.5 Å². The number of anilines is 2. The number of sulfonamides is 1. The van der Waals surface area contributed by atoms with Gasteiger partial charge in [-0.1, -0.05) is 24.3 Å². The standard InChI is InChI=1S/C26H26F2N6O3S/c1-38(36,37)32-21-3-2-4-22(14-21)34-17-30-23-10-7-19(13-24(23)34)18-5-8-20(9-6-18)31-25(35)29-11-12-33-15-26(27,28)16-33/h2-10,13-14,17,32H,11-12,15-16H2,1H3,(H2,29,31,35). The van der Waals surface area contributed by atoms with Crippen LogP contribution >= 0.6 is 0 Å². The highest BCUT2D eigenvalue weighted by Gasteiger charge is 2.43. The van der Waals surface area contributed by atoms with Crippen LogP contribution in [0.15, 0.2) is 73.1 Å². The van der Waals surface area contributed by atoms with Gasteiger partial charge in [-0.2, -0.15) is 0 Å². The van der Waals surface area contributed by atoms with Gasteiger partial charge >= 0.3 is 6.03 Å². The molecule has 1 aliphatic rings. The van der Waals surface area contributed by atoms with E-state index in [1.54, 1.807) is 41.6 Å². The van der Waals surface area contributed by atoms with Gasteiger partial charge in [0.15, 0.2) is 0 Å². The smallest absolute Gasteiger partial charge is 0.319 e. The maximum absolute atomic E-state index is 12.9. The molecule has 0 aliphatic carbocycles. The van der Waals surface area contributed by atoms with Crippen molar-refractivity contribution in [1.82, 2.24) is 19.8 Å². The Hall–Kier alpha value is -4.03. The molecule has 1 saturated heterocycles. The molecule has 0 bridgehead atoms. The first-order valence-electron chi connectivity index (χ1n) is 11.9. The van der Waals surface area contributed by atoms with E-state index in [0.717, 1.165) is 34.1 Å². The lowest BCUT2D eigenvalue weighted by atomic mass is 10.0. The van der Waals surface area contributed by atoms with E-state index in [-0.39, 0.29) is 19.6 Å². The Labute approximate surface area is 218 Å². The summed E-state index contributed by atoms with van der Waals surface area (Å²) in [5.41, 5.74) is 5.31. The summed E-state index contributed by atoms with van der Waals surface area (Å²) in [6, 6.07) is 19.8. The maximum atomic E-state index is 12.9. The number of carbonyl (C=O) groups excluding carboxylic acids is 1. The van der Waals surface area contributed by atoms with E-state index in [9.17, 15) is 22.0 Å². The molecule has 2 heterocycles. The van der Waals surface area contributed by atoms with Gasteiger partial charge in [0.2, 0.25) is 10.0 Å². The van der Waals surface area contributed by atoms with Crippen LogP contribution in [0.4, 0.5) is 25.0 Å². The van der Waals surface area contributed by atoms with E-state index in [1.807, 2.05) is 41.0 Å². The van der Waals surface area contributed by atoms with Gasteiger partial charge in [0.05, 0.1) is 36.1 Å². The number of imidazole rings is 1. The summed E-state index contributed by atoms with van der Waals surface area (Å²) < 4.78 is 53.3. The number of likely N-dealkylation sites (tertiary alicyclic amines) is 1. The van der Waals surface area contributed by atoms with E-state index in [1.165, 1.54) is 0 Å². The van der Waals surface area contributed by atoms with Gasteiger partial charge in [-0.25, -0.2) is 27.0 Å². The predicted molar refractivity (Wildman–Crippen MR) is 143 cm³/mol. The minimum Gasteiger partial charge on any atom is -0.337 e. The van der Waals surface area contributed by atoms with Gasteiger partial charge in [0.25, 0.3) is 5.92 Å². The Morgan fingerprint density at radius 1 is 1.00 bits per heavy atom. The summed E-state index contributed by atoms with van der Waals surface area (Å²) in [4.78, 5) is 18.2. The molecule has 0 spiro atoms. The molecule has 38 heavy (non-hydrogen) atoms. The highest BCUT2D eigenvalue weighted by molar-refractivity contribution is 7.92. The third-order valence-corrected chi connectivity index (χ3v) is 6.68. The fourth-order valence-corrected chi connectivity index (χ4v) is 4.90. The number of benzene rings is 3. The summed E-state index contributed by atoms with van der Waals surface area (Å²) in [7, 11) is -3.40. The van der Waals surface area contributed by atoms with Gasteiger partial charge in [-0.15, -0.1) is 0 Å². The number of fused-ring (bicyclic) bond motifs is 1. The van der Waals surface area contributed by atoms with Crippen molar-refractivity contribution in [3.63, 3.8) is 0 Å². The molecule has 1 fully saturated rings. The average molecular weight is 541 g/mol. The molecule has 0 radical (unpaired) electrons. The molecule has 1 aliphatic heterocycles. The Morgan fingerprint density at radius 3 is 2.45 bits per heavy atom. The number of nitrogens with one attached hydrogen (secondary N) is 3. The van der Waals surface area contributed by atoms with E-state index in [2.05, 4.69) is 20.3 Å². The van der Waals surface area contributed by atoms with Crippen LogP contribution in [0.5, 0.6) is 0 Å². The third kappa shape index (κ3) is 6.09. The number of urea groups is 1. The second-order valence-corrected chi connectivity index (χ2v) is 11.0. The predicted octanol–water partition coefficient (Wildman–Crippen LogP) is 4.14. The fraction of sp³-hybridized carbons (Fsp3) is 0.231. The zero-order chi connectivity index (χ0) is 26.9. The molecule has 0 atom stereocenters. The summed E-state index contributed by atoms with van der Waals surface area (Å²) in [6.45, 7) is 0.120. The SMILES string of the molecule is CS(=O)(=O)Nc1cccc(-n2cnc3ccc(-c4ccc(NC(=O)NCCN5CC(F)(F)C5)cc4)cc32)c1. The molecule has 3 N–H and O–H groups in total. The van der Waals surface area contributed by atoms with E-state index < -0.39 is 22.0 Å². The van der Waals surface area contributed by atoms with Gasteiger partial charge in [0.1, 0.15) is 6.33 Å². The molecule has 5 rings (SSSR count). The molecule has 1 aromatic heterocycles. The fourth-order valence-electron chi connectivity index (χ4n) is 4.34. The monoisotopic (exact) mass is 540 g/mol. The molecule has 2 amide bonds. The topological polar surface area (TPSA) is 108 Å². The average Bonchev–Trinajstić information content (AvgIpc) is 3.26. The normalized spacial score (nSPS) is 15.1. The first kappa shape index (κ1) is 25.6. The number of alkyl halides is 2. The number of rotatable bonds is 8. The third-order valence-electron chi connectivity index (χ3n) is 6.07. The molecular weight excluding hydrogens is 514 g/mol. The summed E-state index contributed by atoms with van der Waals surface area (Å²) >= 11 is 0. The highest BCUT2D eigenvalue weighted by Crippen LogP contribution is 2.28. The molecule has 198 valence electrons. The first-order valence-corrected chi connectivity index (χ1v) is 13.7. The molecule has 0 saturated carbocycles. The van der Waals surface area contributed by atoms with Crippen LogP contribution in [0.3, 0.4) is 0 Å². The van der Waals surface area contributed by atoms with Crippen LogP contribution in [0.25, 0.3) is 27.8 Å². The second-order valence-electron chi connectivity index (χ2n) is 9.27. The van der Waals surface area contributed by atoms with Crippen LogP contribution < -0.4 is 15.4 Å². The largest absolute Gasteiger partial charge is 0.337 e. The van der Waals surface area contributed by atoms with Gasteiger partial charge < -0.3 is 10.6 Å².